The third kappa shape index (κ3) is 1.11. The molecule has 0 fully saturated rings. The van der Waals surface area contributed by atoms with E-state index < -0.39 is 0 Å². The summed E-state index contributed by atoms with van der Waals surface area (Å²) >= 11 is 1.61. The SMILES string of the molecule is O=C1NCCc2c1sc1c2CCOC1. The summed E-state index contributed by atoms with van der Waals surface area (Å²) in [5.74, 6) is 0.102. The van der Waals surface area contributed by atoms with Crippen LogP contribution < -0.4 is 5.32 Å². The number of rotatable bonds is 0. The molecule has 1 N–H and O–H groups in total. The molecule has 3 rings (SSSR count). The molecule has 74 valence electrons. The lowest BCUT2D eigenvalue weighted by Crippen LogP contribution is -2.30. The molecule has 0 radical (unpaired) electrons. The predicted octanol–water partition coefficient (Wildman–Crippen LogP) is 1.11. The van der Waals surface area contributed by atoms with Gasteiger partial charge in [-0.15, -0.1) is 11.3 Å². The van der Waals surface area contributed by atoms with Gasteiger partial charge in [-0.1, -0.05) is 0 Å². The molecule has 1 aromatic heterocycles. The summed E-state index contributed by atoms with van der Waals surface area (Å²) in [6.07, 6.45) is 1.97. The van der Waals surface area contributed by atoms with Gasteiger partial charge in [0.25, 0.3) is 5.91 Å². The molecule has 3 nitrogen and oxygen atoms in total. The lowest BCUT2D eigenvalue weighted by molar-refractivity contribution is 0.0949. The third-order valence-electron chi connectivity index (χ3n) is 2.80. The van der Waals surface area contributed by atoms with E-state index in [4.69, 9.17) is 4.74 Å². The Morgan fingerprint density at radius 1 is 1.29 bits per heavy atom. The standard InChI is InChI=1S/C10H11NO2S/c12-10-9-7(1-3-11-10)6-2-4-13-5-8(6)14-9/h1-5H2,(H,11,12). The third-order valence-corrected chi connectivity index (χ3v) is 4.04. The summed E-state index contributed by atoms with van der Waals surface area (Å²) in [4.78, 5) is 13.7. The van der Waals surface area contributed by atoms with Crippen molar-refractivity contribution >= 4 is 17.2 Å². The second kappa shape index (κ2) is 3.07. The maximum atomic E-state index is 11.6. The van der Waals surface area contributed by atoms with E-state index >= 15 is 0 Å². The van der Waals surface area contributed by atoms with Gasteiger partial charge in [-0.3, -0.25) is 4.79 Å². The van der Waals surface area contributed by atoms with E-state index in [2.05, 4.69) is 5.32 Å². The zero-order valence-electron chi connectivity index (χ0n) is 7.76. The van der Waals surface area contributed by atoms with Gasteiger partial charge in [0.15, 0.2) is 0 Å². The average molecular weight is 209 g/mol. The van der Waals surface area contributed by atoms with E-state index in [9.17, 15) is 4.79 Å². The van der Waals surface area contributed by atoms with Crippen LogP contribution in [0.1, 0.15) is 25.7 Å². The number of hydrogen-bond donors (Lipinski definition) is 1. The Balaban J connectivity index is 2.15. The number of hydrogen-bond acceptors (Lipinski definition) is 3. The van der Waals surface area contributed by atoms with Crippen LogP contribution in [0.25, 0.3) is 0 Å². The van der Waals surface area contributed by atoms with E-state index in [1.165, 1.54) is 16.0 Å². The molecule has 0 bridgehead atoms. The van der Waals surface area contributed by atoms with E-state index in [0.29, 0.717) is 6.61 Å². The van der Waals surface area contributed by atoms with Crippen molar-refractivity contribution in [3.05, 3.63) is 20.9 Å². The number of carbonyl (C=O) groups is 1. The van der Waals surface area contributed by atoms with E-state index in [-0.39, 0.29) is 5.91 Å². The van der Waals surface area contributed by atoms with Gasteiger partial charge < -0.3 is 10.1 Å². The lowest BCUT2D eigenvalue weighted by atomic mass is 9.99. The molecule has 0 saturated heterocycles. The minimum atomic E-state index is 0.102. The highest BCUT2D eigenvalue weighted by Crippen LogP contribution is 2.33. The minimum absolute atomic E-state index is 0.102. The molecule has 3 heterocycles. The Labute approximate surface area is 86.1 Å². The topological polar surface area (TPSA) is 38.3 Å². The van der Waals surface area contributed by atoms with Gasteiger partial charge in [0.2, 0.25) is 0 Å². The van der Waals surface area contributed by atoms with Crippen molar-refractivity contribution in [3.63, 3.8) is 0 Å². The number of ether oxygens (including phenoxy) is 1. The quantitative estimate of drug-likeness (QED) is 0.695. The highest BCUT2D eigenvalue weighted by atomic mass is 32.1. The Hall–Kier alpha value is -0.870. The van der Waals surface area contributed by atoms with Gasteiger partial charge in [0.1, 0.15) is 0 Å². The van der Waals surface area contributed by atoms with Crippen molar-refractivity contribution < 1.29 is 9.53 Å². The predicted molar refractivity (Wildman–Crippen MR) is 53.7 cm³/mol. The second-order valence-electron chi connectivity index (χ2n) is 3.62. The fraction of sp³-hybridized carbons (Fsp3) is 0.500. The van der Waals surface area contributed by atoms with Crippen LogP contribution in [0.5, 0.6) is 0 Å². The van der Waals surface area contributed by atoms with Crippen LogP contribution in [0, 0.1) is 0 Å². The molecular formula is C10H11NO2S. The van der Waals surface area contributed by atoms with Crippen LogP contribution in [0.3, 0.4) is 0 Å². The van der Waals surface area contributed by atoms with Crippen LogP contribution in [0.2, 0.25) is 0 Å². The van der Waals surface area contributed by atoms with Crippen molar-refractivity contribution in [3.8, 4) is 0 Å². The summed E-state index contributed by atoms with van der Waals surface area (Å²) < 4.78 is 5.39. The van der Waals surface area contributed by atoms with Gasteiger partial charge in [-0.25, -0.2) is 0 Å². The van der Waals surface area contributed by atoms with Gasteiger partial charge >= 0.3 is 0 Å². The molecule has 0 saturated carbocycles. The number of carbonyl (C=O) groups excluding carboxylic acids is 1. The number of amides is 1. The molecule has 14 heavy (non-hydrogen) atoms. The van der Waals surface area contributed by atoms with Crippen LogP contribution in [0.15, 0.2) is 0 Å². The first-order chi connectivity index (χ1) is 6.86. The molecule has 2 aliphatic rings. The molecule has 0 spiro atoms. The first-order valence-electron chi connectivity index (χ1n) is 4.85. The monoisotopic (exact) mass is 209 g/mol. The fourth-order valence-electron chi connectivity index (χ4n) is 2.13. The van der Waals surface area contributed by atoms with E-state index in [1.54, 1.807) is 11.3 Å². The van der Waals surface area contributed by atoms with Gasteiger partial charge in [-0.2, -0.15) is 0 Å². The number of nitrogens with one attached hydrogen (secondary N) is 1. The van der Waals surface area contributed by atoms with Gasteiger partial charge in [0.05, 0.1) is 18.1 Å². The fourth-order valence-corrected chi connectivity index (χ4v) is 3.38. The van der Waals surface area contributed by atoms with Crippen LogP contribution >= 0.6 is 11.3 Å². The van der Waals surface area contributed by atoms with Crippen molar-refractivity contribution in [2.75, 3.05) is 13.2 Å². The van der Waals surface area contributed by atoms with E-state index in [1.807, 2.05) is 0 Å². The Bertz CT molecular complexity index is 397. The highest BCUT2D eigenvalue weighted by molar-refractivity contribution is 7.14. The summed E-state index contributed by atoms with van der Waals surface area (Å²) in [5, 5.41) is 2.88. The van der Waals surface area contributed by atoms with Crippen molar-refractivity contribution in [2.24, 2.45) is 0 Å². The first kappa shape index (κ1) is 8.44. The Kier molecular flexibility index (Phi) is 1.85. The lowest BCUT2D eigenvalue weighted by Gasteiger charge is -2.16. The van der Waals surface area contributed by atoms with Crippen molar-refractivity contribution in [2.45, 2.75) is 19.4 Å². The molecule has 4 heteroatoms. The zero-order valence-corrected chi connectivity index (χ0v) is 8.58. The molecular weight excluding hydrogens is 198 g/mol. The van der Waals surface area contributed by atoms with Crippen molar-refractivity contribution in [1.29, 1.82) is 0 Å². The Morgan fingerprint density at radius 3 is 3.14 bits per heavy atom. The number of fused-ring (bicyclic) bond motifs is 3. The van der Waals surface area contributed by atoms with Gasteiger partial charge in [-0.05, 0) is 24.0 Å². The highest BCUT2D eigenvalue weighted by Gasteiger charge is 2.26. The summed E-state index contributed by atoms with van der Waals surface area (Å²) in [7, 11) is 0. The zero-order chi connectivity index (χ0) is 9.54. The van der Waals surface area contributed by atoms with E-state index in [0.717, 1.165) is 30.9 Å². The maximum Gasteiger partial charge on any atom is 0.261 e. The van der Waals surface area contributed by atoms with Crippen molar-refractivity contribution in [1.82, 2.24) is 5.32 Å². The normalized spacial score (nSPS) is 19.9. The summed E-state index contributed by atoms with van der Waals surface area (Å²) in [6.45, 7) is 2.29. The molecule has 0 atom stereocenters. The largest absolute Gasteiger partial charge is 0.376 e. The minimum Gasteiger partial charge on any atom is -0.376 e. The molecule has 0 unspecified atom stereocenters. The Morgan fingerprint density at radius 2 is 2.21 bits per heavy atom. The molecule has 0 aromatic carbocycles. The molecule has 2 aliphatic heterocycles. The summed E-state index contributed by atoms with van der Waals surface area (Å²) in [5.41, 5.74) is 2.68. The first-order valence-corrected chi connectivity index (χ1v) is 5.67. The van der Waals surface area contributed by atoms with Crippen LogP contribution in [-0.4, -0.2) is 19.1 Å². The number of thiophene rings is 1. The van der Waals surface area contributed by atoms with Gasteiger partial charge in [0, 0.05) is 11.4 Å². The molecule has 1 aromatic rings. The molecule has 0 aliphatic carbocycles. The second-order valence-corrected chi connectivity index (χ2v) is 4.73. The smallest absolute Gasteiger partial charge is 0.261 e. The molecule has 1 amide bonds. The van der Waals surface area contributed by atoms with Crippen LogP contribution in [-0.2, 0) is 24.2 Å². The van der Waals surface area contributed by atoms with Crippen LogP contribution in [0.4, 0.5) is 0 Å². The summed E-state index contributed by atoms with van der Waals surface area (Å²) in [6, 6.07) is 0. The average Bonchev–Trinajstić information content (AvgIpc) is 2.59. The maximum absolute atomic E-state index is 11.6.